The zero-order chi connectivity index (χ0) is 33.6. The quantitative estimate of drug-likeness (QED) is 0.0907. The molecule has 0 saturated carbocycles. The van der Waals surface area contributed by atoms with Gasteiger partial charge in [-0.2, -0.15) is 0 Å². The Hall–Kier alpha value is -6.28. The van der Waals surface area contributed by atoms with Crippen LogP contribution in [0.25, 0.3) is 10.8 Å². The molecule has 0 aliphatic carbocycles. The Bertz CT molecular complexity index is 2100. The van der Waals surface area contributed by atoms with E-state index in [9.17, 15) is 9.59 Å². The van der Waals surface area contributed by atoms with E-state index < -0.39 is 11.9 Å². The second-order valence-electron chi connectivity index (χ2n) is 11.3. The molecule has 0 fully saturated rings. The molecule has 0 atom stereocenters. The Balaban J connectivity index is 1.49. The van der Waals surface area contributed by atoms with Gasteiger partial charge in [0.25, 0.3) is 0 Å². The summed E-state index contributed by atoms with van der Waals surface area (Å²) in [5, 5.41) is 0.729. The summed E-state index contributed by atoms with van der Waals surface area (Å²) < 4.78 is 37.1. The van der Waals surface area contributed by atoms with Crippen molar-refractivity contribution in [2.24, 2.45) is 0 Å². The van der Waals surface area contributed by atoms with E-state index in [-0.39, 0.29) is 54.8 Å². The number of esters is 2. The molecule has 0 radical (unpaired) electrons. The van der Waals surface area contributed by atoms with Gasteiger partial charge in [0.1, 0.15) is 54.8 Å². The van der Waals surface area contributed by atoms with E-state index in [4.69, 9.17) is 28.4 Å². The zero-order valence-corrected chi connectivity index (χ0v) is 26.7. The van der Waals surface area contributed by atoms with Crippen LogP contribution in [0.3, 0.4) is 0 Å². The van der Waals surface area contributed by atoms with Gasteiger partial charge in [-0.3, -0.25) is 0 Å². The van der Waals surface area contributed by atoms with E-state index in [1.807, 2.05) is 121 Å². The highest BCUT2D eigenvalue weighted by Gasteiger charge is 2.41. The fourth-order valence-corrected chi connectivity index (χ4v) is 5.73. The van der Waals surface area contributed by atoms with E-state index in [1.165, 1.54) is 7.11 Å². The predicted octanol–water partition coefficient (Wildman–Crippen LogP) is 8.48. The van der Waals surface area contributed by atoms with Gasteiger partial charge in [-0.05, 0) is 22.3 Å². The van der Waals surface area contributed by atoms with Crippen molar-refractivity contribution in [3.63, 3.8) is 0 Å². The highest BCUT2D eigenvalue weighted by atomic mass is 16.6. The van der Waals surface area contributed by atoms with Gasteiger partial charge in [-0.25, -0.2) is 9.59 Å². The number of fused-ring (bicyclic) bond motifs is 2. The smallest absolute Gasteiger partial charge is 0.350 e. The number of carbonyl (C=O) groups is 2. The fraction of sp³-hybridized carbons (Fsp3) is 0.122. The van der Waals surface area contributed by atoms with Crippen molar-refractivity contribution in [1.82, 2.24) is 0 Å². The molecule has 0 saturated heterocycles. The van der Waals surface area contributed by atoms with Crippen molar-refractivity contribution >= 4 is 22.7 Å². The summed E-state index contributed by atoms with van der Waals surface area (Å²) in [5.74, 6) is -0.511. The van der Waals surface area contributed by atoms with E-state index in [0.717, 1.165) is 22.3 Å². The molecule has 0 N–H and O–H groups in total. The fourth-order valence-electron chi connectivity index (χ4n) is 5.73. The van der Waals surface area contributed by atoms with E-state index in [0.29, 0.717) is 22.3 Å². The SMILES string of the molecule is COc1cc(OCc2ccccc2)c2c(OCc3ccccc3)c3c(c(OCc4ccccc4)c2c1OCc1ccccc1)C(=O)OC3=O. The van der Waals surface area contributed by atoms with Crippen LogP contribution in [0.15, 0.2) is 127 Å². The predicted molar refractivity (Wildman–Crippen MR) is 183 cm³/mol. The first-order valence-corrected chi connectivity index (χ1v) is 15.8. The minimum Gasteiger partial charge on any atom is -0.493 e. The molecule has 8 nitrogen and oxygen atoms in total. The number of rotatable bonds is 13. The summed E-state index contributed by atoms with van der Waals surface area (Å²) in [7, 11) is 1.53. The van der Waals surface area contributed by atoms with Gasteiger partial charge >= 0.3 is 11.9 Å². The number of hydrogen-bond donors (Lipinski definition) is 0. The number of carbonyl (C=O) groups excluding carboxylic acids is 2. The highest BCUT2D eigenvalue weighted by Crippen LogP contribution is 2.54. The summed E-state index contributed by atoms with van der Waals surface area (Å²) in [4.78, 5) is 27.0. The van der Waals surface area contributed by atoms with Crippen LogP contribution in [0.2, 0.25) is 0 Å². The van der Waals surface area contributed by atoms with Gasteiger partial charge in [0, 0.05) is 6.07 Å². The van der Waals surface area contributed by atoms with Gasteiger partial charge in [-0.1, -0.05) is 121 Å². The molecule has 1 aliphatic heterocycles. The third kappa shape index (κ3) is 6.62. The Morgan fingerprint density at radius 3 is 1.22 bits per heavy atom. The maximum atomic E-state index is 13.5. The molecular formula is C41H32O8. The van der Waals surface area contributed by atoms with Crippen LogP contribution in [0, 0.1) is 0 Å². The van der Waals surface area contributed by atoms with Gasteiger partial charge < -0.3 is 28.4 Å². The van der Waals surface area contributed by atoms with Crippen molar-refractivity contribution in [2.75, 3.05) is 7.11 Å². The van der Waals surface area contributed by atoms with Crippen molar-refractivity contribution in [2.45, 2.75) is 26.4 Å². The van der Waals surface area contributed by atoms with Gasteiger partial charge in [0.05, 0.1) is 17.9 Å². The highest BCUT2D eigenvalue weighted by molar-refractivity contribution is 6.24. The standard InChI is InChI=1S/C41H32O8/c1-44-32-22-31(45-23-27-14-6-2-7-15-27)33-34(37(32)46-24-28-16-8-3-9-17-28)39(48-26-30-20-12-5-13-21-30)36-35(40(42)49-41(36)43)38(33)47-25-29-18-10-4-11-19-29/h2-22H,23-26H2,1H3. The molecule has 0 bridgehead atoms. The Labute approximate surface area is 283 Å². The monoisotopic (exact) mass is 652 g/mol. The van der Waals surface area contributed by atoms with Crippen LogP contribution in [0.5, 0.6) is 28.7 Å². The van der Waals surface area contributed by atoms with Gasteiger partial charge in [-0.15, -0.1) is 0 Å². The molecule has 6 aromatic carbocycles. The first-order chi connectivity index (χ1) is 24.1. The van der Waals surface area contributed by atoms with Crippen LogP contribution in [0.4, 0.5) is 0 Å². The average molecular weight is 653 g/mol. The van der Waals surface area contributed by atoms with Gasteiger partial charge in [0.2, 0.25) is 0 Å². The summed E-state index contributed by atoms with van der Waals surface area (Å²) in [5.41, 5.74) is 3.43. The van der Waals surface area contributed by atoms with Crippen molar-refractivity contribution in [3.05, 3.63) is 161 Å². The number of methoxy groups -OCH3 is 1. The molecular weight excluding hydrogens is 620 g/mol. The first kappa shape index (κ1) is 31.3. The first-order valence-electron chi connectivity index (χ1n) is 15.8. The third-order valence-corrected chi connectivity index (χ3v) is 8.10. The number of benzene rings is 6. The molecule has 49 heavy (non-hydrogen) atoms. The zero-order valence-electron chi connectivity index (χ0n) is 26.7. The normalized spacial score (nSPS) is 11.9. The van der Waals surface area contributed by atoms with E-state index >= 15 is 0 Å². The molecule has 0 aromatic heterocycles. The largest absolute Gasteiger partial charge is 0.493 e. The number of ether oxygens (including phenoxy) is 6. The Morgan fingerprint density at radius 2 is 0.816 bits per heavy atom. The lowest BCUT2D eigenvalue weighted by Crippen LogP contribution is -2.09. The van der Waals surface area contributed by atoms with E-state index in [1.54, 1.807) is 6.07 Å². The second kappa shape index (κ2) is 14.2. The molecule has 0 unspecified atom stereocenters. The lowest BCUT2D eigenvalue weighted by molar-refractivity contribution is 0.0441. The Kier molecular flexibility index (Phi) is 9.10. The Morgan fingerprint density at radius 1 is 0.449 bits per heavy atom. The molecule has 0 amide bonds. The maximum absolute atomic E-state index is 13.5. The summed E-state index contributed by atoms with van der Waals surface area (Å²) >= 11 is 0. The van der Waals surface area contributed by atoms with Gasteiger partial charge in [0.15, 0.2) is 11.5 Å². The average Bonchev–Trinajstić information content (AvgIpc) is 3.45. The van der Waals surface area contributed by atoms with Crippen LogP contribution in [0.1, 0.15) is 43.0 Å². The third-order valence-electron chi connectivity index (χ3n) is 8.10. The topological polar surface area (TPSA) is 89.5 Å². The summed E-state index contributed by atoms with van der Waals surface area (Å²) in [6.07, 6.45) is 0. The van der Waals surface area contributed by atoms with Crippen molar-refractivity contribution in [1.29, 1.82) is 0 Å². The minimum absolute atomic E-state index is 0.0415. The van der Waals surface area contributed by atoms with E-state index in [2.05, 4.69) is 0 Å². The summed E-state index contributed by atoms with van der Waals surface area (Å²) in [6, 6.07) is 40.1. The lowest BCUT2D eigenvalue weighted by atomic mass is 9.96. The van der Waals surface area contributed by atoms with Crippen LogP contribution in [-0.4, -0.2) is 19.0 Å². The van der Waals surface area contributed by atoms with Crippen LogP contribution >= 0.6 is 0 Å². The summed E-state index contributed by atoms with van der Waals surface area (Å²) in [6.45, 7) is 0.555. The van der Waals surface area contributed by atoms with Crippen molar-refractivity contribution < 1.29 is 38.0 Å². The number of hydrogen-bond acceptors (Lipinski definition) is 8. The molecule has 1 heterocycles. The van der Waals surface area contributed by atoms with Crippen molar-refractivity contribution in [3.8, 4) is 28.7 Å². The molecule has 1 aliphatic rings. The molecule has 8 heteroatoms. The molecule has 244 valence electrons. The molecule has 6 aromatic rings. The minimum atomic E-state index is -0.849. The second-order valence-corrected chi connectivity index (χ2v) is 11.3. The van der Waals surface area contributed by atoms with Crippen LogP contribution < -0.4 is 23.7 Å². The maximum Gasteiger partial charge on any atom is 0.350 e. The number of cyclic esters (lactones) is 2. The lowest BCUT2D eigenvalue weighted by Gasteiger charge is -2.23. The molecule has 7 rings (SSSR count). The molecule has 0 spiro atoms. The van der Waals surface area contributed by atoms with Crippen LogP contribution in [-0.2, 0) is 31.2 Å².